The zero-order chi connectivity index (χ0) is 19.9. The summed E-state index contributed by atoms with van der Waals surface area (Å²) in [5, 5.41) is 3.00. The van der Waals surface area contributed by atoms with E-state index in [1.807, 2.05) is 23.6 Å². The zero-order valence-electron chi connectivity index (χ0n) is 17.0. The molecule has 1 amide bonds. The number of hydrogen-bond acceptors (Lipinski definition) is 2. The highest BCUT2D eigenvalue weighted by Crippen LogP contribution is 2.22. The average Bonchev–Trinajstić information content (AvgIpc) is 3.23. The molecule has 1 aromatic heterocycles. The molecule has 146 valence electrons. The van der Waals surface area contributed by atoms with Crippen LogP contribution in [0.15, 0.2) is 61.1 Å². The second-order valence-electron chi connectivity index (χ2n) is 7.28. The molecule has 0 aliphatic rings. The number of benzene rings is 2. The first kappa shape index (κ1) is 19.9. The maximum Gasteiger partial charge on any atom is 0.270 e. The summed E-state index contributed by atoms with van der Waals surface area (Å²) in [6.45, 7) is 6.27. The highest BCUT2D eigenvalue weighted by Gasteiger charge is 2.14. The number of unbranched alkanes of at least 4 members (excludes halogenated alkanes) is 1. The van der Waals surface area contributed by atoms with Gasteiger partial charge in [-0.2, -0.15) is 0 Å². The summed E-state index contributed by atoms with van der Waals surface area (Å²) in [6, 6.07) is 17.2. The minimum absolute atomic E-state index is 0.0985. The highest BCUT2D eigenvalue weighted by atomic mass is 16.2. The Balaban J connectivity index is 1.77. The van der Waals surface area contributed by atoms with Crippen molar-refractivity contribution in [3.05, 3.63) is 72.3 Å². The molecule has 1 heterocycles. The van der Waals surface area contributed by atoms with E-state index in [9.17, 15) is 4.79 Å². The van der Waals surface area contributed by atoms with Gasteiger partial charge in [-0.3, -0.25) is 9.36 Å². The summed E-state index contributed by atoms with van der Waals surface area (Å²) < 4.78 is 1.83. The molecule has 0 saturated heterocycles. The van der Waals surface area contributed by atoms with Crippen molar-refractivity contribution >= 4 is 5.91 Å². The molecule has 0 unspecified atom stereocenters. The van der Waals surface area contributed by atoms with Crippen molar-refractivity contribution in [1.82, 2.24) is 14.9 Å². The molecule has 0 saturated carbocycles. The van der Waals surface area contributed by atoms with Crippen molar-refractivity contribution in [2.45, 2.75) is 52.5 Å². The molecule has 0 aliphatic carbocycles. The SMILES string of the molecule is CCCCc1ccc(-c2ccc(-n3cncc3C(=O)N[C@H](C)CC)cc2)cc1. The lowest BCUT2D eigenvalue weighted by atomic mass is 10.0. The van der Waals surface area contributed by atoms with E-state index in [1.165, 1.54) is 24.0 Å². The van der Waals surface area contributed by atoms with Gasteiger partial charge in [0, 0.05) is 11.7 Å². The van der Waals surface area contributed by atoms with Crippen molar-refractivity contribution in [3.8, 4) is 16.8 Å². The largest absolute Gasteiger partial charge is 0.348 e. The van der Waals surface area contributed by atoms with Crippen LogP contribution in [0, 0.1) is 0 Å². The molecule has 0 radical (unpaired) electrons. The number of carbonyl (C=O) groups is 1. The van der Waals surface area contributed by atoms with Crippen molar-refractivity contribution in [2.75, 3.05) is 0 Å². The van der Waals surface area contributed by atoms with Crippen LogP contribution in [-0.2, 0) is 6.42 Å². The fourth-order valence-corrected chi connectivity index (χ4v) is 3.13. The van der Waals surface area contributed by atoms with Crippen LogP contribution >= 0.6 is 0 Å². The van der Waals surface area contributed by atoms with Gasteiger partial charge in [-0.25, -0.2) is 4.98 Å². The van der Waals surface area contributed by atoms with Gasteiger partial charge in [0.1, 0.15) is 5.69 Å². The molecule has 0 fully saturated rings. The second kappa shape index (κ2) is 9.36. The minimum atomic E-state index is -0.0985. The fourth-order valence-electron chi connectivity index (χ4n) is 3.13. The van der Waals surface area contributed by atoms with Crippen LogP contribution in [0.4, 0.5) is 0 Å². The summed E-state index contributed by atoms with van der Waals surface area (Å²) in [4.78, 5) is 16.7. The van der Waals surface area contributed by atoms with Gasteiger partial charge in [0.15, 0.2) is 0 Å². The Kier molecular flexibility index (Phi) is 6.64. The average molecular weight is 376 g/mol. The Bertz CT molecular complexity index is 894. The number of imidazole rings is 1. The van der Waals surface area contributed by atoms with E-state index in [0.29, 0.717) is 5.69 Å². The fraction of sp³-hybridized carbons (Fsp3) is 0.333. The third kappa shape index (κ3) is 4.69. The Morgan fingerprint density at radius 2 is 1.68 bits per heavy atom. The van der Waals surface area contributed by atoms with E-state index in [4.69, 9.17) is 0 Å². The van der Waals surface area contributed by atoms with Crippen LogP contribution < -0.4 is 5.32 Å². The normalized spacial score (nSPS) is 12.0. The predicted molar refractivity (Wildman–Crippen MR) is 115 cm³/mol. The number of rotatable bonds is 8. The van der Waals surface area contributed by atoms with E-state index in [-0.39, 0.29) is 11.9 Å². The van der Waals surface area contributed by atoms with Crippen molar-refractivity contribution in [3.63, 3.8) is 0 Å². The molecule has 28 heavy (non-hydrogen) atoms. The molecule has 1 N–H and O–H groups in total. The number of amides is 1. The molecule has 0 aliphatic heterocycles. The van der Waals surface area contributed by atoms with Gasteiger partial charge in [-0.05, 0) is 55.0 Å². The lowest BCUT2D eigenvalue weighted by Crippen LogP contribution is -2.33. The van der Waals surface area contributed by atoms with Crippen LogP contribution in [0.2, 0.25) is 0 Å². The van der Waals surface area contributed by atoms with Crippen LogP contribution in [0.3, 0.4) is 0 Å². The molecule has 2 aromatic carbocycles. The van der Waals surface area contributed by atoms with Gasteiger partial charge in [-0.15, -0.1) is 0 Å². The molecule has 3 rings (SSSR count). The number of nitrogens with zero attached hydrogens (tertiary/aromatic N) is 2. The van der Waals surface area contributed by atoms with Crippen molar-refractivity contribution in [1.29, 1.82) is 0 Å². The maximum absolute atomic E-state index is 12.5. The lowest BCUT2D eigenvalue weighted by molar-refractivity contribution is 0.0932. The molecule has 3 aromatic rings. The molecule has 1 atom stereocenters. The van der Waals surface area contributed by atoms with E-state index >= 15 is 0 Å². The summed E-state index contributed by atoms with van der Waals surface area (Å²) in [6.07, 6.45) is 7.77. The first-order valence-corrected chi connectivity index (χ1v) is 10.1. The zero-order valence-corrected chi connectivity index (χ0v) is 17.0. The summed E-state index contributed by atoms with van der Waals surface area (Å²) in [7, 11) is 0. The second-order valence-corrected chi connectivity index (χ2v) is 7.28. The summed E-state index contributed by atoms with van der Waals surface area (Å²) >= 11 is 0. The first-order valence-electron chi connectivity index (χ1n) is 10.1. The van der Waals surface area contributed by atoms with E-state index < -0.39 is 0 Å². The van der Waals surface area contributed by atoms with E-state index in [0.717, 1.165) is 24.1 Å². The van der Waals surface area contributed by atoms with Gasteiger partial charge < -0.3 is 5.32 Å². The third-order valence-corrected chi connectivity index (χ3v) is 5.11. The van der Waals surface area contributed by atoms with E-state index in [1.54, 1.807) is 12.5 Å². The Hall–Kier alpha value is -2.88. The first-order chi connectivity index (χ1) is 13.6. The third-order valence-electron chi connectivity index (χ3n) is 5.11. The van der Waals surface area contributed by atoms with Crippen LogP contribution in [-0.4, -0.2) is 21.5 Å². The number of carbonyl (C=O) groups excluding carboxylic acids is 1. The molecule has 0 bridgehead atoms. The summed E-state index contributed by atoms with van der Waals surface area (Å²) in [5.74, 6) is -0.0985. The van der Waals surface area contributed by atoms with Gasteiger partial charge in [0.05, 0.1) is 12.5 Å². The standard InChI is InChI=1S/C24H29N3O/c1-4-6-7-19-8-10-20(11-9-19)21-12-14-22(15-13-21)27-17-25-16-23(27)24(28)26-18(3)5-2/h8-18H,4-7H2,1-3H3,(H,26,28)/t18-/m1/s1. The smallest absolute Gasteiger partial charge is 0.270 e. The topological polar surface area (TPSA) is 46.9 Å². The van der Waals surface area contributed by atoms with Crippen molar-refractivity contribution < 1.29 is 4.79 Å². The quantitative estimate of drug-likeness (QED) is 0.572. The van der Waals surface area contributed by atoms with Gasteiger partial charge in [0.2, 0.25) is 0 Å². The summed E-state index contributed by atoms with van der Waals surface area (Å²) in [5.41, 5.74) is 5.23. The molecule has 4 nitrogen and oxygen atoms in total. The maximum atomic E-state index is 12.5. The molecular formula is C24H29N3O. The number of aromatic nitrogens is 2. The number of aryl methyl sites for hydroxylation is 1. The van der Waals surface area contributed by atoms with Crippen LogP contribution in [0.25, 0.3) is 16.8 Å². The number of nitrogens with one attached hydrogen (secondary N) is 1. The monoisotopic (exact) mass is 375 g/mol. The molecule has 4 heteroatoms. The minimum Gasteiger partial charge on any atom is -0.348 e. The highest BCUT2D eigenvalue weighted by molar-refractivity contribution is 5.93. The lowest BCUT2D eigenvalue weighted by Gasteiger charge is -2.13. The van der Waals surface area contributed by atoms with Crippen LogP contribution in [0.5, 0.6) is 0 Å². The molecular weight excluding hydrogens is 346 g/mol. The van der Waals surface area contributed by atoms with Gasteiger partial charge in [0.25, 0.3) is 5.91 Å². The van der Waals surface area contributed by atoms with Gasteiger partial charge >= 0.3 is 0 Å². The predicted octanol–water partition coefficient (Wildman–Crippen LogP) is 5.41. The van der Waals surface area contributed by atoms with Crippen molar-refractivity contribution in [2.24, 2.45) is 0 Å². The van der Waals surface area contributed by atoms with Gasteiger partial charge in [-0.1, -0.05) is 56.7 Å². The Morgan fingerprint density at radius 3 is 2.29 bits per heavy atom. The van der Waals surface area contributed by atoms with E-state index in [2.05, 4.69) is 60.5 Å². The van der Waals surface area contributed by atoms with Crippen LogP contribution in [0.1, 0.15) is 56.1 Å². The molecule has 0 spiro atoms. The Labute approximate surface area is 167 Å². The Morgan fingerprint density at radius 1 is 1.04 bits per heavy atom. The number of hydrogen-bond donors (Lipinski definition) is 1.